The van der Waals surface area contributed by atoms with Gasteiger partial charge in [0.05, 0.1) is 6.10 Å². The second-order valence-corrected chi connectivity index (χ2v) is 7.34. The molecule has 1 aromatic carbocycles. The van der Waals surface area contributed by atoms with Crippen molar-refractivity contribution in [1.29, 1.82) is 0 Å². The van der Waals surface area contributed by atoms with E-state index in [-0.39, 0.29) is 18.6 Å². The minimum absolute atomic E-state index is 0.179. The standard InChI is InChI=1S/C19H30N4O2/c1-14-10-20-8-6-18(14)22-19(25)21-11-17(24)13-23-9-7-15-4-2-3-5-16(15)12-23/h2-5,14,17-18,20,24H,6-13H2,1H3,(H2,21,22,25)/t14?,17-,18?/m1/s1. The zero-order valence-corrected chi connectivity index (χ0v) is 15.0. The van der Waals surface area contributed by atoms with E-state index in [4.69, 9.17) is 0 Å². The quantitative estimate of drug-likeness (QED) is 0.633. The Morgan fingerprint density at radius 3 is 3.00 bits per heavy atom. The first-order valence-electron chi connectivity index (χ1n) is 9.34. The van der Waals surface area contributed by atoms with Crippen molar-refractivity contribution in [3.8, 4) is 0 Å². The van der Waals surface area contributed by atoms with Gasteiger partial charge in [-0.15, -0.1) is 0 Å². The van der Waals surface area contributed by atoms with Crippen LogP contribution in [0.25, 0.3) is 0 Å². The van der Waals surface area contributed by atoms with Gasteiger partial charge in [0.25, 0.3) is 0 Å². The number of carbonyl (C=O) groups excluding carboxylic acids is 1. The summed E-state index contributed by atoms with van der Waals surface area (Å²) < 4.78 is 0. The van der Waals surface area contributed by atoms with Crippen molar-refractivity contribution in [1.82, 2.24) is 20.9 Å². The molecule has 2 aliphatic rings. The molecule has 1 aromatic rings. The Bertz CT molecular complexity index is 580. The average molecular weight is 346 g/mol. The maximum atomic E-state index is 12.0. The first-order valence-corrected chi connectivity index (χ1v) is 9.34. The number of urea groups is 1. The maximum absolute atomic E-state index is 12.0. The molecule has 2 aliphatic heterocycles. The molecule has 4 N–H and O–H groups in total. The highest BCUT2D eigenvalue weighted by Crippen LogP contribution is 2.18. The topological polar surface area (TPSA) is 76.6 Å². The van der Waals surface area contributed by atoms with Crippen LogP contribution in [0.4, 0.5) is 4.79 Å². The van der Waals surface area contributed by atoms with Gasteiger partial charge in [-0.3, -0.25) is 4.90 Å². The molecule has 0 bridgehead atoms. The Kier molecular flexibility index (Phi) is 6.29. The normalized spacial score (nSPS) is 25.0. The van der Waals surface area contributed by atoms with Crippen LogP contribution in [0.1, 0.15) is 24.5 Å². The van der Waals surface area contributed by atoms with Gasteiger partial charge in [-0.1, -0.05) is 31.2 Å². The molecule has 1 saturated heterocycles. The van der Waals surface area contributed by atoms with Gasteiger partial charge in [0.2, 0.25) is 0 Å². The number of carbonyl (C=O) groups is 1. The number of nitrogens with zero attached hydrogens (tertiary/aromatic N) is 1. The number of hydrogen-bond donors (Lipinski definition) is 4. The van der Waals surface area contributed by atoms with Crippen LogP contribution in [-0.2, 0) is 13.0 Å². The van der Waals surface area contributed by atoms with Gasteiger partial charge in [0.1, 0.15) is 0 Å². The summed E-state index contributed by atoms with van der Waals surface area (Å²) in [5.41, 5.74) is 2.74. The summed E-state index contributed by atoms with van der Waals surface area (Å²) in [4.78, 5) is 14.3. The van der Waals surface area contributed by atoms with E-state index >= 15 is 0 Å². The van der Waals surface area contributed by atoms with Gasteiger partial charge in [0, 0.05) is 32.2 Å². The molecule has 0 spiro atoms. The lowest BCUT2D eigenvalue weighted by Crippen LogP contribution is -2.52. The number of aliphatic hydroxyl groups excluding tert-OH is 1. The molecule has 2 unspecified atom stereocenters. The van der Waals surface area contributed by atoms with E-state index in [0.717, 1.165) is 39.0 Å². The molecule has 6 nitrogen and oxygen atoms in total. The van der Waals surface area contributed by atoms with E-state index in [0.29, 0.717) is 12.5 Å². The van der Waals surface area contributed by atoms with Crippen molar-refractivity contribution in [2.75, 3.05) is 32.7 Å². The van der Waals surface area contributed by atoms with E-state index in [9.17, 15) is 9.90 Å². The van der Waals surface area contributed by atoms with Crippen LogP contribution in [0, 0.1) is 5.92 Å². The lowest BCUT2D eigenvalue weighted by atomic mass is 9.95. The molecule has 25 heavy (non-hydrogen) atoms. The average Bonchev–Trinajstić information content (AvgIpc) is 2.62. The van der Waals surface area contributed by atoms with E-state index < -0.39 is 6.10 Å². The molecule has 0 saturated carbocycles. The van der Waals surface area contributed by atoms with E-state index in [1.165, 1.54) is 11.1 Å². The predicted octanol–water partition coefficient (Wildman–Crippen LogP) is 0.703. The van der Waals surface area contributed by atoms with Crippen molar-refractivity contribution in [2.24, 2.45) is 5.92 Å². The van der Waals surface area contributed by atoms with Crippen molar-refractivity contribution in [3.05, 3.63) is 35.4 Å². The second-order valence-electron chi connectivity index (χ2n) is 7.34. The van der Waals surface area contributed by atoms with Crippen LogP contribution in [-0.4, -0.2) is 60.9 Å². The number of fused-ring (bicyclic) bond motifs is 1. The van der Waals surface area contributed by atoms with Gasteiger partial charge >= 0.3 is 6.03 Å². The van der Waals surface area contributed by atoms with E-state index in [1.54, 1.807) is 0 Å². The predicted molar refractivity (Wildman–Crippen MR) is 98.4 cm³/mol. The highest BCUT2D eigenvalue weighted by Gasteiger charge is 2.23. The lowest BCUT2D eigenvalue weighted by Gasteiger charge is -2.31. The van der Waals surface area contributed by atoms with Crippen LogP contribution >= 0.6 is 0 Å². The number of amides is 2. The van der Waals surface area contributed by atoms with Gasteiger partial charge < -0.3 is 21.1 Å². The summed E-state index contributed by atoms with van der Waals surface area (Å²) in [6.07, 6.45) is 1.41. The van der Waals surface area contributed by atoms with Crippen LogP contribution in [0.15, 0.2) is 24.3 Å². The summed E-state index contributed by atoms with van der Waals surface area (Å²) in [5.74, 6) is 0.429. The molecule has 2 amide bonds. The Hall–Kier alpha value is -1.63. The third-order valence-corrected chi connectivity index (χ3v) is 5.28. The Balaban J connectivity index is 1.38. The third kappa shape index (κ3) is 5.17. The monoisotopic (exact) mass is 346 g/mol. The number of benzene rings is 1. The highest BCUT2D eigenvalue weighted by molar-refractivity contribution is 5.74. The lowest BCUT2D eigenvalue weighted by molar-refractivity contribution is 0.105. The van der Waals surface area contributed by atoms with E-state index in [1.807, 2.05) is 0 Å². The van der Waals surface area contributed by atoms with Gasteiger partial charge in [0.15, 0.2) is 0 Å². The number of piperidine rings is 1. The van der Waals surface area contributed by atoms with Crippen LogP contribution in [0.3, 0.4) is 0 Å². The van der Waals surface area contributed by atoms with Crippen molar-refractivity contribution < 1.29 is 9.90 Å². The Labute approximate surface area is 150 Å². The zero-order chi connectivity index (χ0) is 17.6. The van der Waals surface area contributed by atoms with Crippen LogP contribution in [0.2, 0.25) is 0 Å². The number of rotatable bonds is 5. The van der Waals surface area contributed by atoms with Gasteiger partial charge in [-0.2, -0.15) is 0 Å². The fraction of sp³-hybridized carbons (Fsp3) is 0.632. The Morgan fingerprint density at radius 2 is 2.20 bits per heavy atom. The molecule has 138 valence electrons. The van der Waals surface area contributed by atoms with Gasteiger partial charge in [-0.25, -0.2) is 4.79 Å². The van der Waals surface area contributed by atoms with Crippen LogP contribution in [0.5, 0.6) is 0 Å². The number of nitrogens with one attached hydrogen (secondary N) is 3. The molecule has 0 aromatic heterocycles. The molecular formula is C19H30N4O2. The first-order chi connectivity index (χ1) is 12.1. The fourth-order valence-electron chi connectivity index (χ4n) is 3.73. The molecule has 0 aliphatic carbocycles. The minimum atomic E-state index is -0.554. The fourth-order valence-corrected chi connectivity index (χ4v) is 3.73. The molecule has 2 heterocycles. The molecule has 3 atom stereocenters. The molecular weight excluding hydrogens is 316 g/mol. The smallest absolute Gasteiger partial charge is 0.315 e. The van der Waals surface area contributed by atoms with Crippen molar-refractivity contribution >= 4 is 6.03 Å². The summed E-state index contributed by atoms with van der Waals surface area (Å²) >= 11 is 0. The van der Waals surface area contributed by atoms with E-state index in [2.05, 4.69) is 52.0 Å². The SMILES string of the molecule is CC1CNCCC1NC(=O)NC[C@@H](O)CN1CCc2ccccc2C1. The number of β-amino-alcohol motifs (C(OH)–C–C–N with tert-alkyl or cyclic N) is 1. The number of hydrogen-bond acceptors (Lipinski definition) is 4. The maximum Gasteiger partial charge on any atom is 0.315 e. The van der Waals surface area contributed by atoms with Crippen molar-refractivity contribution in [2.45, 2.75) is 38.5 Å². The number of aliphatic hydroxyl groups is 1. The Morgan fingerprint density at radius 1 is 1.40 bits per heavy atom. The summed E-state index contributed by atoms with van der Waals surface area (Å²) in [6, 6.07) is 8.50. The summed E-state index contributed by atoms with van der Waals surface area (Å²) in [6.45, 7) is 6.69. The van der Waals surface area contributed by atoms with Crippen molar-refractivity contribution in [3.63, 3.8) is 0 Å². The molecule has 0 radical (unpaired) electrons. The largest absolute Gasteiger partial charge is 0.390 e. The molecule has 3 rings (SSSR count). The summed E-state index contributed by atoms with van der Waals surface area (Å²) in [7, 11) is 0. The summed E-state index contributed by atoms with van der Waals surface area (Å²) in [5, 5.41) is 19.4. The molecule has 6 heteroatoms. The second kappa shape index (κ2) is 8.65. The van der Waals surface area contributed by atoms with Gasteiger partial charge in [-0.05, 0) is 43.0 Å². The third-order valence-electron chi connectivity index (χ3n) is 5.28. The highest BCUT2D eigenvalue weighted by atomic mass is 16.3. The molecule has 1 fully saturated rings. The first kappa shape index (κ1) is 18.2. The minimum Gasteiger partial charge on any atom is -0.390 e. The van der Waals surface area contributed by atoms with Crippen LogP contribution < -0.4 is 16.0 Å². The zero-order valence-electron chi connectivity index (χ0n) is 15.0.